The Morgan fingerprint density at radius 1 is 1.40 bits per heavy atom. The van der Waals surface area contributed by atoms with Gasteiger partial charge in [0.25, 0.3) is 0 Å². The number of carbonyl (C=O) groups excluding carboxylic acids is 1. The van der Waals surface area contributed by atoms with Crippen molar-refractivity contribution >= 4 is 29.0 Å². The minimum Gasteiger partial charge on any atom is -0.398 e. The topological polar surface area (TPSA) is 58.4 Å². The van der Waals surface area contributed by atoms with E-state index >= 15 is 0 Å². The maximum Gasteiger partial charge on any atom is 0.238 e. The quantitative estimate of drug-likeness (QED) is 0.840. The molecule has 1 fully saturated rings. The Bertz CT molecular complexity index is 482. The van der Waals surface area contributed by atoms with Gasteiger partial charge in [0.05, 0.1) is 6.54 Å². The van der Waals surface area contributed by atoms with Crippen molar-refractivity contribution in [2.24, 2.45) is 0 Å². The summed E-state index contributed by atoms with van der Waals surface area (Å²) in [6, 6.07) is 5.59. The molecule has 2 atom stereocenters. The van der Waals surface area contributed by atoms with E-state index in [1.165, 1.54) is 0 Å². The lowest BCUT2D eigenvalue weighted by Crippen LogP contribution is -2.44. The van der Waals surface area contributed by atoms with E-state index in [0.29, 0.717) is 22.7 Å². The number of nitrogens with two attached hydrogens (primary N) is 1. The van der Waals surface area contributed by atoms with E-state index in [9.17, 15) is 4.79 Å². The third-order valence-corrected chi connectivity index (χ3v) is 4.74. The summed E-state index contributed by atoms with van der Waals surface area (Å²) in [5, 5.41) is 4.13. The number of carbonyl (C=O) groups is 1. The van der Waals surface area contributed by atoms with Gasteiger partial charge >= 0.3 is 0 Å². The average Bonchev–Trinajstić information content (AvgIpc) is 2.33. The van der Waals surface area contributed by atoms with Gasteiger partial charge in [-0.05, 0) is 24.6 Å². The highest BCUT2D eigenvalue weighted by molar-refractivity contribution is 8.00. The van der Waals surface area contributed by atoms with Crippen molar-refractivity contribution in [2.45, 2.75) is 31.3 Å². The van der Waals surface area contributed by atoms with Crippen LogP contribution >= 0.6 is 11.8 Å². The molecule has 20 heavy (non-hydrogen) atoms. The SMILES string of the molecule is Cc1c(N)cccc1NC(=O)CN1CC(C)SC(C)C1. The van der Waals surface area contributed by atoms with Gasteiger partial charge in [0.2, 0.25) is 5.91 Å². The third-order valence-electron chi connectivity index (χ3n) is 3.51. The van der Waals surface area contributed by atoms with Crippen molar-refractivity contribution in [3.63, 3.8) is 0 Å². The van der Waals surface area contributed by atoms with Crippen LogP contribution in [-0.2, 0) is 4.79 Å². The Hall–Kier alpha value is -1.20. The van der Waals surface area contributed by atoms with Crippen LogP contribution in [0.4, 0.5) is 11.4 Å². The minimum atomic E-state index is 0.0324. The molecule has 4 nitrogen and oxygen atoms in total. The van der Waals surface area contributed by atoms with Crippen LogP contribution in [0, 0.1) is 6.92 Å². The van der Waals surface area contributed by atoms with Crippen molar-refractivity contribution in [3.8, 4) is 0 Å². The number of nitrogens with zero attached hydrogens (tertiary/aromatic N) is 1. The van der Waals surface area contributed by atoms with E-state index in [0.717, 1.165) is 24.3 Å². The Morgan fingerprint density at radius 3 is 2.70 bits per heavy atom. The molecule has 0 saturated carbocycles. The Balaban J connectivity index is 1.94. The van der Waals surface area contributed by atoms with Gasteiger partial charge in [-0.2, -0.15) is 11.8 Å². The molecule has 0 aliphatic carbocycles. The number of anilines is 2. The molecule has 1 saturated heterocycles. The largest absolute Gasteiger partial charge is 0.398 e. The fourth-order valence-corrected chi connectivity index (χ4v) is 3.98. The summed E-state index contributed by atoms with van der Waals surface area (Å²) in [4.78, 5) is 14.4. The van der Waals surface area contributed by atoms with Crippen LogP contribution in [0.25, 0.3) is 0 Å². The van der Waals surface area contributed by atoms with Crippen molar-refractivity contribution in [2.75, 3.05) is 30.7 Å². The summed E-state index contributed by atoms with van der Waals surface area (Å²) >= 11 is 1.99. The third kappa shape index (κ3) is 3.90. The minimum absolute atomic E-state index is 0.0324. The number of nitrogens with one attached hydrogen (secondary N) is 1. The molecule has 2 rings (SSSR count). The molecule has 5 heteroatoms. The van der Waals surface area contributed by atoms with E-state index in [2.05, 4.69) is 24.1 Å². The molecule has 2 unspecified atom stereocenters. The van der Waals surface area contributed by atoms with E-state index in [4.69, 9.17) is 5.73 Å². The predicted molar refractivity (Wildman–Crippen MR) is 87.2 cm³/mol. The van der Waals surface area contributed by atoms with Gasteiger partial charge in [0.1, 0.15) is 0 Å². The summed E-state index contributed by atoms with van der Waals surface area (Å²) in [7, 11) is 0. The van der Waals surface area contributed by atoms with Crippen LogP contribution < -0.4 is 11.1 Å². The summed E-state index contributed by atoms with van der Waals surface area (Å²) in [5.41, 5.74) is 8.30. The van der Waals surface area contributed by atoms with Crippen LogP contribution in [0.2, 0.25) is 0 Å². The molecule has 0 radical (unpaired) electrons. The smallest absolute Gasteiger partial charge is 0.238 e. The first-order valence-electron chi connectivity index (χ1n) is 6.98. The van der Waals surface area contributed by atoms with Crippen LogP contribution in [0.1, 0.15) is 19.4 Å². The lowest BCUT2D eigenvalue weighted by Gasteiger charge is -2.34. The average molecular weight is 293 g/mol. The second-order valence-electron chi connectivity index (χ2n) is 5.52. The predicted octanol–water partition coefficient (Wildman–Crippen LogP) is 2.34. The molecule has 0 spiro atoms. The highest BCUT2D eigenvalue weighted by atomic mass is 32.2. The number of thioether (sulfide) groups is 1. The molecule has 0 aromatic heterocycles. The van der Waals surface area contributed by atoms with Crippen LogP contribution in [-0.4, -0.2) is 40.9 Å². The van der Waals surface area contributed by atoms with Gasteiger partial charge in [0.15, 0.2) is 0 Å². The number of rotatable bonds is 3. The van der Waals surface area contributed by atoms with Gasteiger partial charge in [-0.25, -0.2) is 0 Å². The van der Waals surface area contributed by atoms with Crippen molar-refractivity contribution in [3.05, 3.63) is 23.8 Å². The van der Waals surface area contributed by atoms with Crippen LogP contribution in [0.15, 0.2) is 18.2 Å². The maximum absolute atomic E-state index is 12.2. The number of benzene rings is 1. The van der Waals surface area contributed by atoms with E-state index in [1.54, 1.807) is 0 Å². The van der Waals surface area contributed by atoms with Gasteiger partial charge in [-0.1, -0.05) is 19.9 Å². The first-order chi connectivity index (χ1) is 9.45. The molecule has 1 aliphatic rings. The molecule has 1 aromatic carbocycles. The second kappa shape index (κ2) is 6.50. The Morgan fingerprint density at radius 2 is 2.05 bits per heavy atom. The van der Waals surface area contributed by atoms with Crippen molar-refractivity contribution < 1.29 is 4.79 Å². The molecular weight excluding hydrogens is 270 g/mol. The van der Waals surface area contributed by atoms with Gasteiger partial charge < -0.3 is 11.1 Å². The van der Waals surface area contributed by atoms with E-state index in [-0.39, 0.29) is 5.91 Å². The van der Waals surface area contributed by atoms with Gasteiger partial charge in [-0.15, -0.1) is 0 Å². The summed E-state index contributed by atoms with van der Waals surface area (Å²) in [6.07, 6.45) is 0. The van der Waals surface area contributed by atoms with E-state index < -0.39 is 0 Å². The molecule has 1 amide bonds. The number of amides is 1. The molecule has 0 bridgehead atoms. The highest BCUT2D eigenvalue weighted by Crippen LogP contribution is 2.25. The standard InChI is InChI=1S/C15H23N3OS/c1-10-7-18(8-11(2)20-10)9-15(19)17-14-6-4-5-13(16)12(14)3/h4-6,10-11H,7-9,16H2,1-3H3,(H,17,19). The fraction of sp³-hybridized carbons (Fsp3) is 0.533. The number of nitrogen functional groups attached to an aromatic ring is 1. The lowest BCUT2D eigenvalue weighted by molar-refractivity contribution is -0.117. The van der Waals surface area contributed by atoms with Crippen LogP contribution in [0.3, 0.4) is 0 Å². The number of hydrogen-bond donors (Lipinski definition) is 2. The number of hydrogen-bond acceptors (Lipinski definition) is 4. The maximum atomic E-state index is 12.2. The first-order valence-corrected chi connectivity index (χ1v) is 7.92. The Labute approximate surface area is 125 Å². The zero-order valence-corrected chi connectivity index (χ0v) is 13.2. The molecule has 1 aromatic rings. The van der Waals surface area contributed by atoms with Crippen molar-refractivity contribution in [1.82, 2.24) is 4.90 Å². The van der Waals surface area contributed by atoms with Crippen LogP contribution in [0.5, 0.6) is 0 Å². The molecule has 1 aliphatic heterocycles. The molecule has 3 N–H and O–H groups in total. The lowest BCUT2D eigenvalue weighted by atomic mass is 10.1. The molecule has 1 heterocycles. The fourth-order valence-electron chi connectivity index (χ4n) is 2.60. The normalized spacial score (nSPS) is 23.6. The van der Waals surface area contributed by atoms with Gasteiger partial charge in [-0.3, -0.25) is 9.69 Å². The Kier molecular flexibility index (Phi) is 4.94. The highest BCUT2D eigenvalue weighted by Gasteiger charge is 2.23. The summed E-state index contributed by atoms with van der Waals surface area (Å²) in [5.74, 6) is 0.0324. The van der Waals surface area contributed by atoms with E-state index in [1.807, 2.05) is 36.9 Å². The molecular formula is C15H23N3OS. The zero-order chi connectivity index (χ0) is 14.7. The monoisotopic (exact) mass is 293 g/mol. The summed E-state index contributed by atoms with van der Waals surface area (Å²) in [6.45, 7) is 8.74. The van der Waals surface area contributed by atoms with Crippen molar-refractivity contribution in [1.29, 1.82) is 0 Å². The summed E-state index contributed by atoms with van der Waals surface area (Å²) < 4.78 is 0. The second-order valence-corrected chi connectivity index (χ2v) is 7.40. The van der Waals surface area contributed by atoms with Gasteiger partial charge in [0, 0.05) is 35.0 Å². The zero-order valence-electron chi connectivity index (χ0n) is 12.3. The molecule has 110 valence electrons. The first kappa shape index (κ1) is 15.2.